The number of aliphatic hydroxyl groups is 1. The van der Waals surface area contributed by atoms with Crippen LogP contribution in [0, 0.1) is 78.5 Å². The van der Waals surface area contributed by atoms with Crippen molar-refractivity contribution in [1.82, 2.24) is 0 Å². The molecule has 4 aliphatic carbocycles. The molecule has 0 saturated heterocycles. The zero-order valence-corrected chi connectivity index (χ0v) is 18.1. The van der Waals surface area contributed by atoms with Gasteiger partial charge in [0, 0.05) is 50.4 Å². The van der Waals surface area contributed by atoms with E-state index in [-0.39, 0.29) is 48.9 Å². The SMILES string of the molecule is CC(=O)O[C@@H]1C[C-]2CC2C1.[CH-]=C1CCC[C@@]2(C)C1CCC2[C@H](C)CO.[Tm]. The third-order valence-corrected chi connectivity index (χ3v) is 7.31. The van der Waals surface area contributed by atoms with Crippen molar-refractivity contribution >= 4 is 5.97 Å². The molecule has 4 rings (SSSR count). The Morgan fingerprint density at radius 2 is 2.15 bits per heavy atom. The molecular formula is C22H34O3Tm-2. The molecule has 4 saturated carbocycles. The van der Waals surface area contributed by atoms with Gasteiger partial charge in [0.1, 0.15) is 0 Å². The van der Waals surface area contributed by atoms with Crippen LogP contribution in [0.4, 0.5) is 0 Å². The van der Waals surface area contributed by atoms with Gasteiger partial charge in [0.2, 0.25) is 0 Å². The van der Waals surface area contributed by atoms with Crippen molar-refractivity contribution in [2.75, 3.05) is 6.61 Å². The fourth-order valence-corrected chi connectivity index (χ4v) is 5.92. The second kappa shape index (κ2) is 9.27. The van der Waals surface area contributed by atoms with Gasteiger partial charge in [-0.1, -0.05) is 26.7 Å². The number of carbonyl (C=O) groups excluding carboxylic acids is 1. The van der Waals surface area contributed by atoms with E-state index in [4.69, 9.17) is 11.3 Å². The van der Waals surface area contributed by atoms with E-state index in [1.54, 1.807) is 5.92 Å². The Balaban J connectivity index is 0.000000193. The summed E-state index contributed by atoms with van der Waals surface area (Å²) in [6.07, 6.45) is 9.84. The Morgan fingerprint density at radius 1 is 1.42 bits per heavy atom. The van der Waals surface area contributed by atoms with Crippen LogP contribution in [0.25, 0.3) is 0 Å². The van der Waals surface area contributed by atoms with Gasteiger partial charge in [-0.15, -0.1) is 6.42 Å². The molecule has 155 valence electrons. The summed E-state index contributed by atoms with van der Waals surface area (Å²) < 4.78 is 5.05. The third-order valence-electron chi connectivity index (χ3n) is 7.31. The van der Waals surface area contributed by atoms with Crippen molar-refractivity contribution in [3.63, 3.8) is 0 Å². The van der Waals surface area contributed by atoms with Crippen LogP contribution in [0.2, 0.25) is 0 Å². The zero-order chi connectivity index (χ0) is 18.2. The molecule has 26 heavy (non-hydrogen) atoms. The van der Waals surface area contributed by atoms with E-state index >= 15 is 0 Å². The van der Waals surface area contributed by atoms with Crippen molar-refractivity contribution in [1.29, 1.82) is 0 Å². The predicted octanol–water partition coefficient (Wildman–Crippen LogP) is 4.50. The quantitative estimate of drug-likeness (QED) is 0.445. The van der Waals surface area contributed by atoms with Gasteiger partial charge in [-0.05, 0) is 48.9 Å². The molecule has 4 aliphatic rings. The summed E-state index contributed by atoms with van der Waals surface area (Å²) in [4.78, 5) is 10.5. The number of allylic oxidation sites excluding steroid dienone is 1. The number of hydrogen-bond acceptors (Lipinski definition) is 3. The van der Waals surface area contributed by atoms with Gasteiger partial charge < -0.3 is 22.3 Å². The average Bonchev–Trinajstić information content (AvgIpc) is 3.00. The molecule has 6 atom stereocenters. The average molecular weight is 515 g/mol. The first-order valence-corrected chi connectivity index (χ1v) is 10.1. The Hall–Kier alpha value is 0.404. The molecule has 1 radical (unpaired) electrons. The van der Waals surface area contributed by atoms with Crippen LogP contribution in [0.1, 0.15) is 72.1 Å². The first kappa shape index (κ1) is 22.7. The van der Waals surface area contributed by atoms with Crippen molar-refractivity contribution in [3.05, 3.63) is 18.1 Å². The fourth-order valence-electron chi connectivity index (χ4n) is 5.92. The number of carbonyl (C=O) groups is 1. The molecule has 3 nitrogen and oxygen atoms in total. The summed E-state index contributed by atoms with van der Waals surface area (Å²) in [5, 5.41) is 9.33. The van der Waals surface area contributed by atoms with E-state index in [0.29, 0.717) is 29.8 Å². The van der Waals surface area contributed by atoms with Crippen LogP contribution in [-0.4, -0.2) is 23.8 Å². The van der Waals surface area contributed by atoms with Crippen molar-refractivity contribution < 1.29 is 51.5 Å². The van der Waals surface area contributed by atoms with E-state index in [0.717, 1.165) is 25.2 Å². The molecule has 4 heteroatoms. The standard InChI is InChI=1S/C14H23O.C8H11O2.Tm/c1-10-5-4-8-14(3)12(10)6-7-13(14)11(2)9-15;1-5(9)10-8-3-6-2-7(6)4-8;/h1,11-13,15H,4-9H2,2-3H3;6,8H,2-4H2,1H3;/q2*-1;/t11-,12?,13?,14+;6?,8-;/m10./s1. The topological polar surface area (TPSA) is 46.5 Å². The van der Waals surface area contributed by atoms with Crippen LogP contribution >= 0.6 is 0 Å². The number of fused-ring (bicyclic) bond motifs is 2. The number of ether oxygens (including phenoxy) is 1. The maximum absolute atomic E-state index is 10.5. The van der Waals surface area contributed by atoms with E-state index in [1.165, 1.54) is 44.6 Å². The Kier molecular flexibility index (Phi) is 8.09. The maximum Gasteiger partial charge on any atom is 0.302 e. The normalized spacial score (nSPS) is 39.0. The summed E-state index contributed by atoms with van der Waals surface area (Å²) in [7, 11) is 0. The van der Waals surface area contributed by atoms with Gasteiger partial charge in [-0.2, -0.15) is 5.92 Å². The van der Waals surface area contributed by atoms with Gasteiger partial charge in [0.05, 0.1) is 6.10 Å². The fraction of sp³-hybridized carbons (Fsp3) is 0.818. The van der Waals surface area contributed by atoms with E-state index < -0.39 is 0 Å². The Bertz CT molecular complexity index is 510. The summed E-state index contributed by atoms with van der Waals surface area (Å²) in [5.74, 6) is 4.05. The molecule has 0 aromatic heterocycles. The van der Waals surface area contributed by atoms with Crippen molar-refractivity contribution in [2.24, 2.45) is 29.1 Å². The van der Waals surface area contributed by atoms with Gasteiger partial charge in [0.25, 0.3) is 0 Å². The summed E-state index contributed by atoms with van der Waals surface area (Å²) in [5.41, 5.74) is 1.61. The molecule has 0 amide bonds. The van der Waals surface area contributed by atoms with E-state index in [9.17, 15) is 9.90 Å². The first-order chi connectivity index (χ1) is 11.8. The minimum atomic E-state index is -0.132. The van der Waals surface area contributed by atoms with Crippen LogP contribution < -0.4 is 0 Å². The predicted molar refractivity (Wildman–Crippen MR) is 98.4 cm³/mol. The molecule has 0 aliphatic heterocycles. The Morgan fingerprint density at radius 3 is 2.73 bits per heavy atom. The summed E-state index contributed by atoms with van der Waals surface area (Å²) >= 11 is 0. The second-order valence-corrected chi connectivity index (χ2v) is 9.06. The molecule has 3 unspecified atom stereocenters. The molecule has 0 heterocycles. The van der Waals surface area contributed by atoms with Crippen LogP contribution in [0.5, 0.6) is 0 Å². The van der Waals surface area contributed by atoms with Gasteiger partial charge >= 0.3 is 5.97 Å². The molecular weight excluding hydrogens is 481 g/mol. The van der Waals surface area contributed by atoms with Crippen LogP contribution in [-0.2, 0) is 9.53 Å². The monoisotopic (exact) mass is 515 g/mol. The van der Waals surface area contributed by atoms with Gasteiger partial charge in [-0.3, -0.25) is 10.4 Å². The summed E-state index contributed by atoms with van der Waals surface area (Å²) in [6, 6.07) is 0. The molecule has 0 aromatic carbocycles. The second-order valence-electron chi connectivity index (χ2n) is 9.06. The van der Waals surface area contributed by atoms with Gasteiger partial charge in [-0.25, -0.2) is 6.42 Å². The minimum absolute atomic E-state index is 0. The van der Waals surface area contributed by atoms with Crippen LogP contribution in [0.3, 0.4) is 0 Å². The first-order valence-electron chi connectivity index (χ1n) is 10.1. The van der Waals surface area contributed by atoms with E-state index in [2.05, 4.69) is 13.8 Å². The van der Waals surface area contributed by atoms with Gasteiger partial charge in [0.15, 0.2) is 0 Å². The molecule has 0 spiro atoms. The number of aliphatic hydroxyl groups excluding tert-OH is 1. The molecule has 0 bridgehead atoms. The minimum Gasteiger partial charge on any atom is -0.514 e. The summed E-state index contributed by atoms with van der Waals surface area (Å²) in [6.45, 7) is 12.6. The number of hydrogen-bond donors (Lipinski definition) is 1. The Labute approximate surface area is 188 Å². The van der Waals surface area contributed by atoms with Crippen LogP contribution in [0.15, 0.2) is 5.57 Å². The van der Waals surface area contributed by atoms with E-state index in [1.807, 2.05) is 0 Å². The largest absolute Gasteiger partial charge is 0.514 e. The zero-order valence-electron chi connectivity index (χ0n) is 16.4. The number of esters is 1. The maximum atomic E-state index is 10.5. The van der Waals surface area contributed by atoms with Crippen molar-refractivity contribution in [2.45, 2.75) is 78.2 Å². The smallest absolute Gasteiger partial charge is 0.302 e. The third kappa shape index (κ3) is 4.87. The van der Waals surface area contributed by atoms with Crippen molar-refractivity contribution in [3.8, 4) is 0 Å². The number of rotatable bonds is 3. The molecule has 1 N–H and O–H groups in total. The molecule has 0 aromatic rings. The molecule has 4 fully saturated rings.